The fourth-order valence-electron chi connectivity index (χ4n) is 7.21. The fraction of sp³-hybridized carbons (Fsp3) is 0.0476. The van der Waals surface area contributed by atoms with E-state index in [4.69, 9.17) is 9.98 Å². The first kappa shape index (κ1) is 23.9. The molecule has 2 nitrogen and oxygen atoms in total. The molecule has 0 atom stereocenters. The standard InChI is InChI=1S/C42H26N2/c1-3-7-27-15-33-17-31(11-9-29(33)13-25(27)5-1)39-23-37-19-35-22-42-38(20-36(35)21-41(37)43-39)24-40(44-42)32-12-10-30-14-26-6-2-4-8-28(26)16-34(30)18-32/h1-22H,23-24H2. The molecule has 0 amide bonds. The van der Waals surface area contributed by atoms with Crippen molar-refractivity contribution in [2.45, 2.75) is 12.8 Å². The fourth-order valence-corrected chi connectivity index (χ4v) is 7.21. The quantitative estimate of drug-likeness (QED) is 0.189. The van der Waals surface area contributed by atoms with E-state index in [2.05, 4.69) is 133 Å². The Hall–Kier alpha value is -5.60. The van der Waals surface area contributed by atoms with Gasteiger partial charge in [-0.05, 0) is 137 Å². The van der Waals surface area contributed by atoms with Gasteiger partial charge in [-0.15, -0.1) is 0 Å². The lowest BCUT2D eigenvalue weighted by Crippen LogP contribution is -2.00. The van der Waals surface area contributed by atoms with Gasteiger partial charge in [-0.25, -0.2) is 0 Å². The van der Waals surface area contributed by atoms with E-state index < -0.39 is 0 Å². The van der Waals surface area contributed by atoms with Crippen LogP contribution in [0.25, 0.3) is 53.9 Å². The molecule has 44 heavy (non-hydrogen) atoms. The van der Waals surface area contributed by atoms with Crippen LogP contribution in [0.4, 0.5) is 11.4 Å². The average molecular weight is 559 g/mol. The van der Waals surface area contributed by atoms with E-state index in [0.29, 0.717) is 0 Å². The zero-order chi connectivity index (χ0) is 28.8. The third kappa shape index (κ3) is 3.74. The molecule has 0 N–H and O–H groups in total. The van der Waals surface area contributed by atoms with Crippen molar-refractivity contribution in [3.05, 3.63) is 156 Å². The van der Waals surface area contributed by atoms with E-state index >= 15 is 0 Å². The van der Waals surface area contributed by atoms with Crippen LogP contribution in [-0.4, -0.2) is 11.4 Å². The van der Waals surface area contributed by atoms with Gasteiger partial charge in [0.05, 0.1) is 22.8 Å². The number of hydrogen-bond donors (Lipinski definition) is 0. The van der Waals surface area contributed by atoms with Crippen molar-refractivity contribution in [3.8, 4) is 0 Å². The van der Waals surface area contributed by atoms with Gasteiger partial charge in [0.2, 0.25) is 0 Å². The van der Waals surface area contributed by atoms with Gasteiger partial charge in [-0.3, -0.25) is 9.98 Å². The van der Waals surface area contributed by atoms with Gasteiger partial charge in [0.1, 0.15) is 0 Å². The van der Waals surface area contributed by atoms with Crippen molar-refractivity contribution in [2.75, 3.05) is 0 Å². The van der Waals surface area contributed by atoms with Crippen molar-refractivity contribution in [2.24, 2.45) is 9.98 Å². The molecule has 0 saturated carbocycles. The Labute approximate surface area is 254 Å². The number of aliphatic imine (C=N–C) groups is 2. The number of hydrogen-bond acceptors (Lipinski definition) is 2. The Balaban J connectivity index is 0.973. The molecule has 8 aromatic rings. The van der Waals surface area contributed by atoms with E-state index in [1.54, 1.807) is 0 Å². The molecular weight excluding hydrogens is 532 g/mol. The molecule has 2 heteroatoms. The molecule has 0 radical (unpaired) electrons. The second-order valence-corrected chi connectivity index (χ2v) is 12.3. The predicted octanol–water partition coefficient (Wildman–Crippen LogP) is 10.8. The Morgan fingerprint density at radius 1 is 0.318 bits per heavy atom. The van der Waals surface area contributed by atoms with Crippen LogP contribution in [0.5, 0.6) is 0 Å². The van der Waals surface area contributed by atoms with E-state index in [0.717, 1.165) is 35.6 Å². The minimum absolute atomic E-state index is 0.849. The topological polar surface area (TPSA) is 24.7 Å². The SMILES string of the molecule is c1ccc2cc3cc(C4=Nc5cc6cc7c(cc6cc5C4)N=C(c4ccc5cc6ccccc6cc5c4)C7)ccc3cc2c1. The Morgan fingerprint density at radius 3 is 1.11 bits per heavy atom. The minimum Gasteiger partial charge on any atom is -0.252 e. The zero-order valence-electron chi connectivity index (χ0n) is 24.0. The van der Waals surface area contributed by atoms with Gasteiger partial charge in [-0.1, -0.05) is 72.8 Å². The molecule has 0 aromatic heterocycles. The lowest BCUT2D eigenvalue weighted by Gasteiger charge is -2.06. The van der Waals surface area contributed by atoms with Crippen LogP contribution < -0.4 is 0 Å². The summed E-state index contributed by atoms with van der Waals surface area (Å²) < 4.78 is 0. The second-order valence-electron chi connectivity index (χ2n) is 12.3. The van der Waals surface area contributed by atoms with Gasteiger partial charge in [0.25, 0.3) is 0 Å². The predicted molar refractivity (Wildman–Crippen MR) is 187 cm³/mol. The summed E-state index contributed by atoms with van der Waals surface area (Å²) in [5, 5.41) is 12.6. The monoisotopic (exact) mass is 558 g/mol. The molecule has 0 fully saturated rings. The van der Waals surface area contributed by atoms with Crippen LogP contribution in [-0.2, 0) is 12.8 Å². The molecule has 0 spiro atoms. The van der Waals surface area contributed by atoms with Crippen LogP contribution >= 0.6 is 0 Å². The Bertz CT molecular complexity index is 2420. The first-order valence-corrected chi connectivity index (χ1v) is 15.3. The molecule has 0 unspecified atom stereocenters. The van der Waals surface area contributed by atoms with E-state index in [9.17, 15) is 0 Å². The minimum atomic E-state index is 0.849. The van der Waals surface area contributed by atoms with Gasteiger partial charge >= 0.3 is 0 Å². The van der Waals surface area contributed by atoms with Gasteiger partial charge in [0, 0.05) is 12.8 Å². The van der Waals surface area contributed by atoms with Crippen molar-refractivity contribution in [1.82, 2.24) is 0 Å². The van der Waals surface area contributed by atoms with Crippen molar-refractivity contribution in [1.29, 1.82) is 0 Å². The average Bonchev–Trinajstić information content (AvgIpc) is 3.67. The first-order chi connectivity index (χ1) is 21.7. The molecule has 0 aliphatic carbocycles. The largest absolute Gasteiger partial charge is 0.252 e. The number of nitrogens with zero attached hydrogens (tertiary/aromatic N) is 2. The molecule has 2 aliphatic heterocycles. The number of benzene rings is 8. The second kappa shape index (κ2) is 8.95. The molecule has 0 saturated heterocycles. The molecule has 204 valence electrons. The molecule has 0 bridgehead atoms. The zero-order valence-corrected chi connectivity index (χ0v) is 24.0. The summed E-state index contributed by atoms with van der Waals surface area (Å²) in [5.74, 6) is 0. The van der Waals surface area contributed by atoms with Crippen LogP contribution in [0, 0.1) is 0 Å². The highest BCUT2D eigenvalue weighted by Gasteiger charge is 2.21. The highest BCUT2D eigenvalue weighted by molar-refractivity contribution is 6.12. The van der Waals surface area contributed by atoms with Gasteiger partial charge in [0.15, 0.2) is 0 Å². The van der Waals surface area contributed by atoms with Crippen LogP contribution in [0.2, 0.25) is 0 Å². The first-order valence-electron chi connectivity index (χ1n) is 15.3. The van der Waals surface area contributed by atoms with Gasteiger partial charge < -0.3 is 0 Å². The maximum absolute atomic E-state index is 5.14. The third-order valence-corrected chi connectivity index (χ3v) is 9.54. The highest BCUT2D eigenvalue weighted by atomic mass is 14.8. The summed E-state index contributed by atoms with van der Waals surface area (Å²) in [6, 6.07) is 49.0. The lowest BCUT2D eigenvalue weighted by molar-refractivity contribution is 1.39. The van der Waals surface area contributed by atoms with Crippen molar-refractivity contribution >= 4 is 76.7 Å². The maximum atomic E-state index is 5.14. The lowest BCUT2D eigenvalue weighted by atomic mass is 9.96. The van der Waals surface area contributed by atoms with E-state index in [1.165, 1.54) is 76.1 Å². The van der Waals surface area contributed by atoms with Crippen LogP contribution in [0.15, 0.2) is 143 Å². The maximum Gasteiger partial charge on any atom is 0.0675 e. The summed E-state index contributed by atoms with van der Waals surface area (Å²) >= 11 is 0. The summed E-state index contributed by atoms with van der Waals surface area (Å²) in [5.41, 5.74) is 9.44. The summed E-state index contributed by atoms with van der Waals surface area (Å²) in [7, 11) is 0. The normalized spacial score (nSPS) is 14.0. The molecule has 8 aromatic carbocycles. The Morgan fingerprint density at radius 2 is 0.682 bits per heavy atom. The van der Waals surface area contributed by atoms with Crippen LogP contribution in [0.1, 0.15) is 22.3 Å². The molecule has 2 heterocycles. The van der Waals surface area contributed by atoms with Crippen LogP contribution in [0.3, 0.4) is 0 Å². The molecular formula is C42H26N2. The third-order valence-electron chi connectivity index (χ3n) is 9.54. The summed E-state index contributed by atoms with van der Waals surface area (Å²) in [4.78, 5) is 10.3. The van der Waals surface area contributed by atoms with E-state index in [1.807, 2.05) is 0 Å². The van der Waals surface area contributed by atoms with Crippen molar-refractivity contribution in [3.63, 3.8) is 0 Å². The number of rotatable bonds is 2. The van der Waals surface area contributed by atoms with Crippen molar-refractivity contribution < 1.29 is 0 Å². The molecule has 2 aliphatic rings. The smallest absolute Gasteiger partial charge is 0.0675 e. The summed E-state index contributed by atoms with van der Waals surface area (Å²) in [6.45, 7) is 0. The van der Waals surface area contributed by atoms with Gasteiger partial charge in [-0.2, -0.15) is 0 Å². The highest BCUT2D eigenvalue weighted by Crippen LogP contribution is 2.39. The van der Waals surface area contributed by atoms with E-state index in [-0.39, 0.29) is 0 Å². The summed E-state index contributed by atoms with van der Waals surface area (Å²) in [6.07, 6.45) is 1.70. The Kier molecular flexibility index (Phi) is 4.86. The number of fused-ring (bicyclic) bond motifs is 7. The molecule has 10 rings (SSSR count).